The minimum atomic E-state index is -0.0918. The van der Waals surface area contributed by atoms with Crippen LogP contribution in [-0.4, -0.2) is 224 Å². The maximum atomic E-state index is 13.5. The van der Waals surface area contributed by atoms with Crippen LogP contribution in [0.4, 0.5) is 0 Å². The number of aromatic nitrogens is 8. The summed E-state index contributed by atoms with van der Waals surface area (Å²) < 4.78 is 30.1. The van der Waals surface area contributed by atoms with Gasteiger partial charge in [0.25, 0.3) is 22.2 Å². The zero-order chi connectivity index (χ0) is 79.3. The minimum Gasteiger partial charge on any atom is -0.492 e. The molecule has 4 aliphatic rings. The quantitative estimate of drug-likeness (QED) is 0.0621. The zero-order valence-electron chi connectivity index (χ0n) is 66.3. The summed E-state index contributed by atoms with van der Waals surface area (Å²) in [5.74, 6) is 5.70. The van der Waals surface area contributed by atoms with Crippen molar-refractivity contribution in [3.63, 3.8) is 0 Å². The van der Waals surface area contributed by atoms with Crippen molar-refractivity contribution in [3.8, 4) is 51.8 Å². The predicted octanol–water partition coefficient (Wildman–Crippen LogP) is 10.1. The Balaban J connectivity index is 0.000000133. The SMILES string of the molecule is CCOc1ccccc1-n1c(CN2CCN(C)CC2)nc2ccccc2c1=O.CCOc1ccccc1-n1c(CN2CCN(CC#N)CC2)nc2ccccc2c1=O.CCOc1ccccc1-n1c(CN2CCN(CC)CC2)nc2ccccc2c1=O.CCOc1ccccc1-n1c(CN2CCNCC2)nc2ccccc2c1=O. The molecule has 4 saturated heterocycles. The summed E-state index contributed by atoms with van der Waals surface area (Å²) in [5, 5.41) is 14.7. The normalized spacial score (nSPS) is 15.4. The van der Waals surface area contributed by atoms with Gasteiger partial charge in [0.2, 0.25) is 0 Å². The molecule has 0 atom stereocenters. The van der Waals surface area contributed by atoms with E-state index in [-0.39, 0.29) is 22.2 Å². The Morgan fingerprint density at radius 1 is 0.325 bits per heavy atom. The molecule has 4 fully saturated rings. The number of hydrogen-bond acceptors (Lipinski definition) is 21. The highest BCUT2D eigenvalue weighted by atomic mass is 16.5. The van der Waals surface area contributed by atoms with Crippen molar-refractivity contribution in [1.82, 2.24) is 77.8 Å². The summed E-state index contributed by atoms with van der Waals surface area (Å²) in [6.07, 6.45) is 0. The van der Waals surface area contributed by atoms with Gasteiger partial charge in [0, 0.05) is 105 Å². The van der Waals surface area contributed by atoms with E-state index in [1.807, 2.05) is 222 Å². The van der Waals surface area contributed by atoms with Crippen LogP contribution < -0.4 is 46.5 Å². The monoisotopic (exact) mass is 1540 g/mol. The zero-order valence-corrected chi connectivity index (χ0v) is 66.3. The van der Waals surface area contributed by atoms with Crippen LogP contribution in [0, 0.1) is 11.3 Å². The smallest absolute Gasteiger partial charge is 0.266 e. The average Bonchev–Trinajstić information content (AvgIpc) is 0.784. The number of likely N-dealkylation sites (N-methyl/N-ethyl adjacent to an activating group) is 2. The molecule has 0 spiro atoms. The number of nitrogens with one attached hydrogen (secondary N) is 1. The summed E-state index contributed by atoms with van der Waals surface area (Å²) in [4.78, 5) is 89.5. The van der Waals surface area contributed by atoms with Crippen LogP contribution in [0.3, 0.4) is 0 Å². The summed E-state index contributed by atoms with van der Waals surface area (Å²) in [7, 11) is 2.14. The van der Waals surface area contributed by atoms with E-state index in [4.69, 9.17) is 44.1 Å². The number of piperazine rings is 4. The summed E-state index contributed by atoms with van der Waals surface area (Å²) in [6, 6.07) is 62.9. The second kappa shape index (κ2) is 39.4. The van der Waals surface area contributed by atoms with E-state index in [1.165, 1.54) is 0 Å². The Kier molecular flexibility index (Phi) is 27.9. The van der Waals surface area contributed by atoms with Crippen LogP contribution in [0.15, 0.2) is 213 Å². The molecule has 25 nitrogen and oxygen atoms in total. The molecular formula is C89H103N17O8. The van der Waals surface area contributed by atoms with E-state index in [0.29, 0.717) is 121 Å². The van der Waals surface area contributed by atoms with Gasteiger partial charge < -0.3 is 34.1 Å². The Morgan fingerprint density at radius 2 is 0.570 bits per heavy atom. The molecule has 0 amide bonds. The topological polar surface area (TPSA) is 235 Å². The van der Waals surface area contributed by atoms with Gasteiger partial charge in [0.05, 0.1) is 132 Å². The van der Waals surface area contributed by atoms with E-state index in [0.717, 1.165) is 162 Å². The van der Waals surface area contributed by atoms with Crippen LogP contribution in [0.2, 0.25) is 0 Å². The van der Waals surface area contributed by atoms with E-state index in [1.54, 1.807) is 18.3 Å². The van der Waals surface area contributed by atoms with Crippen molar-refractivity contribution in [2.75, 3.05) is 151 Å². The van der Waals surface area contributed by atoms with Crippen LogP contribution in [0.1, 0.15) is 57.9 Å². The van der Waals surface area contributed by atoms with E-state index >= 15 is 0 Å². The lowest BCUT2D eigenvalue weighted by Crippen LogP contribution is -2.46. The molecule has 25 heteroatoms. The number of hydrogen-bond donors (Lipinski definition) is 1. The molecule has 4 aliphatic heterocycles. The van der Waals surface area contributed by atoms with Crippen LogP contribution in [-0.2, 0) is 26.2 Å². The molecule has 12 aromatic rings. The lowest BCUT2D eigenvalue weighted by Gasteiger charge is -2.34. The molecule has 0 unspecified atom stereocenters. The maximum Gasteiger partial charge on any atom is 0.266 e. The summed E-state index contributed by atoms with van der Waals surface area (Å²) in [6.45, 7) is 31.2. The summed E-state index contributed by atoms with van der Waals surface area (Å²) in [5.41, 5.74) is 5.61. The molecule has 0 aliphatic carbocycles. The van der Waals surface area contributed by atoms with Gasteiger partial charge in [-0.25, -0.2) is 19.9 Å². The minimum absolute atomic E-state index is 0.0510. The van der Waals surface area contributed by atoms with Crippen molar-refractivity contribution in [1.29, 1.82) is 5.26 Å². The Morgan fingerprint density at radius 3 is 0.851 bits per heavy atom. The highest BCUT2D eigenvalue weighted by Crippen LogP contribution is 2.30. The molecule has 4 aromatic heterocycles. The standard InChI is InChI=1S/C23H25N5O2.C23H28N4O2.C22H26N4O2.C21H24N4O2/c1-2-30-21-10-6-5-9-20(21)28-22(17-27-15-13-26(12-11-24)14-16-27)25-19-8-4-3-7-18(19)23(28)29;1-3-25-13-15-26(16-14-25)17-22-24-19-10-6-5-9-18(19)23(28)27(22)20-11-7-8-12-21(20)29-4-2;1-3-28-20-11-7-6-10-19(20)26-21(16-25-14-12-24(2)13-15-25)23-18-9-5-4-8-17(18)22(26)27;1-2-27-19-10-6-5-9-18(19)25-20(15-24-13-11-22-12-14-24)23-17-8-4-3-7-16(17)21(25)26/h3-10H,2,12-17H2,1H3;5-12H,3-4,13-17H2,1-2H3;4-11H,3,12-16H2,1-2H3;3-10,22H,2,11-15H2,1H3. The largest absolute Gasteiger partial charge is 0.492 e. The van der Waals surface area contributed by atoms with Crippen molar-refractivity contribution < 1.29 is 18.9 Å². The highest BCUT2D eigenvalue weighted by molar-refractivity contribution is 5.81. The van der Waals surface area contributed by atoms with Crippen molar-refractivity contribution >= 4 is 43.6 Å². The van der Waals surface area contributed by atoms with Crippen molar-refractivity contribution in [2.24, 2.45) is 0 Å². The number of nitriles is 1. The van der Waals surface area contributed by atoms with Gasteiger partial charge in [-0.1, -0.05) is 104 Å². The van der Waals surface area contributed by atoms with E-state index in [2.05, 4.69) is 59.7 Å². The van der Waals surface area contributed by atoms with Crippen molar-refractivity contribution in [2.45, 2.75) is 60.8 Å². The van der Waals surface area contributed by atoms with Crippen LogP contribution in [0.5, 0.6) is 23.0 Å². The lowest BCUT2D eigenvalue weighted by atomic mass is 10.2. The van der Waals surface area contributed by atoms with Gasteiger partial charge in [0.1, 0.15) is 46.3 Å². The molecule has 1 N–H and O–H groups in total. The predicted molar refractivity (Wildman–Crippen MR) is 450 cm³/mol. The van der Waals surface area contributed by atoms with Gasteiger partial charge in [0.15, 0.2) is 0 Å². The van der Waals surface area contributed by atoms with E-state index < -0.39 is 0 Å². The van der Waals surface area contributed by atoms with Gasteiger partial charge in [-0.3, -0.25) is 61.9 Å². The molecule has 592 valence electrons. The molecule has 0 saturated carbocycles. The highest BCUT2D eigenvalue weighted by Gasteiger charge is 2.27. The second-order valence-corrected chi connectivity index (χ2v) is 28.4. The fourth-order valence-corrected chi connectivity index (χ4v) is 15.0. The lowest BCUT2D eigenvalue weighted by molar-refractivity contribution is 0.129. The first kappa shape index (κ1) is 80.7. The molecule has 114 heavy (non-hydrogen) atoms. The van der Waals surface area contributed by atoms with Gasteiger partial charge in [-0.2, -0.15) is 5.26 Å². The first-order valence-electron chi connectivity index (χ1n) is 39.9. The van der Waals surface area contributed by atoms with Gasteiger partial charge >= 0.3 is 0 Å². The fourth-order valence-electron chi connectivity index (χ4n) is 15.0. The maximum absolute atomic E-state index is 13.5. The Labute approximate surface area is 665 Å². The number of rotatable bonds is 22. The molecule has 8 aromatic carbocycles. The molecule has 0 bridgehead atoms. The third kappa shape index (κ3) is 19.3. The van der Waals surface area contributed by atoms with E-state index in [9.17, 15) is 19.2 Å². The number of benzene rings is 8. The fraction of sp³-hybridized carbons (Fsp3) is 0.360. The van der Waals surface area contributed by atoms with Crippen LogP contribution in [0.25, 0.3) is 66.4 Å². The Bertz CT molecular complexity index is 5540. The Hall–Kier alpha value is -11.3. The second-order valence-electron chi connectivity index (χ2n) is 28.4. The van der Waals surface area contributed by atoms with Crippen molar-refractivity contribution in [3.05, 3.63) is 259 Å². The summed E-state index contributed by atoms with van der Waals surface area (Å²) >= 11 is 0. The third-order valence-electron chi connectivity index (χ3n) is 20.9. The molecular weight excluding hydrogens is 1440 g/mol. The number of nitrogens with zero attached hydrogens (tertiary/aromatic N) is 16. The molecule has 16 rings (SSSR count). The van der Waals surface area contributed by atoms with Crippen LogP contribution >= 0.6 is 0 Å². The van der Waals surface area contributed by atoms with Gasteiger partial charge in [-0.15, -0.1) is 0 Å². The van der Waals surface area contributed by atoms with Gasteiger partial charge in [-0.05, 0) is 138 Å². The number of fused-ring (bicyclic) bond motifs is 4. The first-order valence-corrected chi connectivity index (χ1v) is 39.9. The first-order chi connectivity index (χ1) is 55.9. The third-order valence-corrected chi connectivity index (χ3v) is 20.9. The average molecular weight is 1540 g/mol. The number of para-hydroxylation sites is 12. The molecule has 0 radical (unpaired) electrons. The number of ether oxygens (including phenoxy) is 4. The molecule has 8 heterocycles.